The second kappa shape index (κ2) is 7.32. The van der Waals surface area contributed by atoms with E-state index < -0.39 is 6.04 Å². The van der Waals surface area contributed by atoms with Crippen molar-refractivity contribution in [3.8, 4) is 0 Å². The summed E-state index contributed by atoms with van der Waals surface area (Å²) >= 11 is 0. The molecule has 2 fully saturated rings. The summed E-state index contributed by atoms with van der Waals surface area (Å²) in [4.78, 5) is 41.3. The molecule has 0 spiro atoms. The van der Waals surface area contributed by atoms with Gasteiger partial charge in [0, 0.05) is 38.8 Å². The fourth-order valence-corrected chi connectivity index (χ4v) is 4.14. The summed E-state index contributed by atoms with van der Waals surface area (Å²) in [6.45, 7) is 8.48. The largest absolute Gasteiger partial charge is 0.352 e. The van der Waals surface area contributed by atoms with Crippen molar-refractivity contribution in [3.63, 3.8) is 0 Å². The Labute approximate surface area is 159 Å². The molecule has 3 heterocycles. The number of carbonyl (C=O) groups is 3. The first-order valence-corrected chi connectivity index (χ1v) is 9.56. The summed E-state index contributed by atoms with van der Waals surface area (Å²) in [6.07, 6.45) is 1.29. The molecule has 8 heteroatoms. The van der Waals surface area contributed by atoms with Gasteiger partial charge in [0.25, 0.3) is 5.91 Å². The van der Waals surface area contributed by atoms with E-state index in [9.17, 15) is 14.4 Å². The molecular formula is C19H29N5O3. The van der Waals surface area contributed by atoms with Crippen LogP contribution in [0, 0.1) is 12.8 Å². The molecule has 1 aromatic rings. The van der Waals surface area contributed by atoms with E-state index in [0.29, 0.717) is 31.6 Å². The SMILES string of the molecule is CC(=O)N[C@H]1C[C@H]2CN(C(=O)c3cc(C)n(C)n3)[C@@H](CC(C)C)C(=O)N2C1. The molecule has 2 saturated heterocycles. The van der Waals surface area contributed by atoms with Crippen LogP contribution < -0.4 is 5.32 Å². The Morgan fingerprint density at radius 2 is 2.04 bits per heavy atom. The van der Waals surface area contributed by atoms with E-state index in [2.05, 4.69) is 24.3 Å². The van der Waals surface area contributed by atoms with E-state index in [0.717, 1.165) is 5.69 Å². The third kappa shape index (κ3) is 3.84. The van der Waals surface area contributed by atoms with Crippen molar-refractivity contribution in [2.75, 3.05) is 13.1 Å². The van der Waals surface area contributed by atoms with E-state index >= 15 is 0 Å². The number of carbonyl (C=O) groups excluding carboxylic acids is 3. The quantitative estimate of drug-likeness (QED) is 0.839. The minimum Gasteiger partial charge on any atom is -0.352 e. The van der Waals surface area contributed by atoms with Crippen molar-refractivity contribution >= 4 is 17.7 Å². The monoisotopic (exact) mass is 375 g/mol. The lowest BCUT2D eigenvalue weighted by atomic mass is 9.96. The van der Waals surface area contributed by atoms with Gasteiger partial charge in [-0.25, -0.2) is 0 Å². The summed E-state index contributed by atoms with van der Waals surface area (Å²) in [6, 6.07) is 1.17. The first-order valence-electron chi connectivity index (χ1n) is 9.56. The number of aromatic nitrogens is 2. The minimum absolute atomic E-state index is 0.0196. The van der Waals surface area contributed by atoms with Gasteiger partial charge in [-0.1, -0.05) is 13.8 Å². The van der Waals surface area contributed by atoms with E-state index in [4.69, 9.17) is 0 Å². The Morgan fingerprint density at radius 1 is 1.33 bits per heavy atom. The van der Waals surface area contributed by atoms with Crippen LogP contribution in [0.5, 0.6) is 0 Å². The molecule has 148 valence electrons. The summed E-state index contributed by atoms with van der Waals surface area (Å²) in [5, 5.41) is 7.22. The zero-order valence-corrected chi connectivity index (χ0v) is 16.7. The average molecular weight is 375 g/mol. The van der Waals surface area contributed by atoms with E-state index in [1.807, 2.05) is 11.8 Å². The zero-order valence-electron chi connectivity index (χ0n) is 16.7. The van der Waals surface area contributed by atoms with E-state index in [-0.39, 0.29) is 35.7 Å². The minimum atomic E-state index is -0.479. The first kappa shape index (κ1) is 19.4. The number of hydrogen-bond donors (Lipinski definition) is 1. The highest BCUT2D eigenvalue weighted by molar-refractivity contribution is 5.97. The highest BCUT2D eigenvalue weighted by atomic mass is 16.2. The summed E-state index contributed by atoms with van der Waals surface area (Å²) in [7, 11) is 1.80. The second-order valence-electron chi connectivity index (χ2n) is 8.17. The van der Waals surface area contributed by atoms with Crippen LogP contribution in [0.1, 0.15) is 49.8 Å². The molecule has 3 rings (SSSR count). The predicted molar refractivity (Wildman–Crippen MR) is 99.9 cm³/mol. The molecule has 0 aliphatic carbocycles. The molecule has 2 aliphatic heterocycles. The molecule has 0 unspecified atom stereocenters. The number of aryl methyl sites for hydroxylation is 2. The summed E-state index contributed by atoms with van der Waals surface area (Å²) in [5.41, 5.74) is 1.27. The Hall–Kier alpha value is -2.38. The number of nitrogens with zero attached hydrogens (tertiary/aromatic N) is 4. The summed E-state index contributed by atoms with van der Waals surface area (Å²) in [5.74, 6) is -0.0259. The van der Waals surface area contributed by atoms with Crippen LogP contribution in [0.2, 0.25) is 0 Å². The molecule has 1 aromatic heterocycles. The molecule has 2 aliphatic rings. The standard InChI is InChI=1S/C19H29N5O3/c1-11(2)6-17-19(27)23-9-14(20-13(4)25)8-15(23)10-24(17)18(26)16-7-12(3)22(5)21-16/h7,11,14-15,17H,6,8-10H2,1-5H3,(H,20,25)/t14-,15-,17-/m0/s1. The van der Waals surface area contributed by atoms with Crippen LogP contribution >= 0.6 is 0 Å². The number of rotatable bonds is 4. The summed E-state index contributed by atoms with van der Waals surface area (Å²) < 4.78 is 1.67. The van der Waals surface area contributed by atoms with Crippen molar-refractivity contribution < 1.29 is 14.4 Å². The van der Waals surface area contributed by atoms with Gasteiger partial charge >= 0.3 is 0 Å². The molecule has 0 bridgehead atoms. The fourth-order valence-electron chi connectivity index (χ4n) is 4.14. The van der Waals surface area contributed by atoms with Gasteiger partial charge in [0.15, 0.2) is 5.69 Å². The Morgan fingerprint density at radius 3 is 2.59 bits per heavy atom. The third-order valence-electron chi connectivity index (χ3n) is 5.46. The Bertz CT molecular complexity index is 737. The van der Waals surface area contributed by atoms with Crippen molar-refractivity contribution in [2.24, 2.45) is 13.0 Å². The molecule has 8 nitrogen and oxygen atoms in total. The lowest BCUT2D eigenvalue weighted by Crippen LogP contribution is -2.61. The maximum Gasteiger partial charge on any atom is 0.275 e. The zero-order chi connectivity index (χ0) is 19.9. The smallest absolute Gasteiger partial charge is 0.275 e. The van der Waals surface area contributed by atoms with Gasteiger partial charge < -0.3 is 15.1 Å². The molecule has 1 N–H and O–H groups in total. The molecule has 0 saturated carbocycles. The van der Waals surface area contributed by atoms with Crippen LogP contribution in [0.3, 0.4) is 0 Å². The number of nitrogens with one attached hydrogen (secondary N) is 1. The first-order chi connectivity index (χ1) is 12.7. The van der Waals surface area contributed by atoms with Crippen molar-refractivity contribution in [3.05, 3.63) is 17.5 Å². The number of fused-ring (bicyclic) bond motifs is 1. The van der Waals surface area contributed by atoms with E-state index in [1.165, 1.54) is 6.92 Å². The maximum absolute atomic E-state index is 13.2. The van der Waals surface area contributed by atoms with Gasteiger partial charge in [-0.05, 0) is 31.7 Å². The third-order valence-corrected chi connectivity index (χ3v) is 5.46. The Balaban J connectivity index is 1.86. The highest BCUT2D eigenvalue weighted by Gasteiger charge is 2.47. The van der Waals surface area contributed by atoms with Gasteiger partial charge in [0.05, 0.1) is 6.04 Å². The van der Waals surface area contributed by atoms with Crippen LogP contribution in [0.25, 0.3) is 0 Å². The number of amides is 3. The van der Waals surface area contributed by atoms with Gasteiger partial charge in [0.2, 0.25) is 11.8 Å². The molecule has 0 radical (unpaired) electrons. The van der Waals surface area contributed by atoms with Crippen molar-refractivity contribution in [2.45, 2.75) is 58.7 Å². The molecule has 3 atom stereocenters. The van der Waals surface area contributed by atoms with Crippen molar-refractivity contribution in [1.82, 2.24) is 24.9 Å². The molecular weight excluding hydrogens is 346 g/mol. The molecule has 0 aromatic carbocycles. The fraction of sp³-hybridized carbons (Fsp3) is 0.684. The van der Waals surface area contributed by atoms with Crippen molar-refractivity contribution in [1.29, 1.82) is 0 Å². The maximum atomic E-state index is 13.2. The number of hydrogen-bond acceptors (Lipinski definition) is 4. The normalized spacial score (nSPS) is 25.1. The average Bonchev–Trinajstić information content (AvgIpc) is 3.12. The molecule has 27 heavy (non-hydrogen) atoms. The van der Waals surface area contributed by atoms with Gasteiger partial charge in [-0.15, -0.1) is 0 Å². The van der Waals surface area contributed by atoms with Crippen LogP contribution in [0.4, 0.5) is 0 Å². The highest BCUT2D eigenvalue weighted by Crippen LogP contribution is 2.30. The van der Waals surface area contributed by atoms with Crippen LogP contribution in [-0.2, 0) is 16.6 Å². The Kier molecular flexibility index (Phi) is 5.26. The lowest BCUT2D eigenvalue weighted by molar-refractivity contribution is -0.142. The van der Waals surface area contributed by atoms with Crippen LogP contribution in [0.15, 0.2) is 6.07 Å². The van der Waals surface area contributed by atoms with Gasteiger partial charge in [0.1, 0.15) is 6.04 Å². The molecule has 3 amide bonds. The topological polar surface area (TPSA) is 87.5 Å². The second-order valence-corrected chi connectivity index (χ2v) is 8.17. The lowest BCUT2D eigenvalue weighted by Gasteiger charge is -2.43. The van der Waals surface area contributed by atoms with E-state index in [1.54, 1.807) is 22.7 Å². The number of piperazine rings is 1. The predicted octanol–water partition coefficient (Wildman–Crippen LogP) is 0.705. The van der Waals surface area contributed by atoms with Gasteiger partial charge in [-0.2, -0.15) is 5.10 Å². The van der Waals surface area contributed by atoms with Crippen LogP contribution in [-0.4, -0.2) is 68.5 Å². The van der Waals surface area contributed by atoms with Gasteiger partial charge in [-0.3, -0.25) is 19.1 Å².